The third kappa shape index (κ3) is 4.88. The number of methoxy groups -OCH3 is 1. The molecule has 0 saturated heterocycles. The Hall–Kier alpha value is -3.03. The second-order valence-electron chi connectivity index (χ2n) is 6.05. The molecule has 3 aromatic rings. The van der Waals surface area contributed by atoms with Crippen molar-refractivity contribution >= 4 is 38.9 Å². The molecule has 1 amide bonds. The fourth-order valence-corrected chi connectivity index (χ4v) is 4.34. The number of hydrogen-bond donors (Lipinski definition) is 1. The number of anilines is 2. The second-order valence-corrected chi connectivity index (χ2v) is 8.35. The number of hydrogen-bond acceptors (Lipinski definition) is 4. The van der Waals surface area contributed by atoms with E-state index in [1.54, 1.807) is 60.7 Å². The predicted molar refractivity (Wildman–Crippen MR) is 114 cm³/mol. The molecule has 0 fully saturated rings. The van der Waals surface area contributed by atoms with E-state index in [4.69, 9.17) is 16.3 Å². The molecule has 150 valence electrons. The van der Waals surface area contributed by atoms with Crippen LogP contribution in [0.2, 0.25) is 5.02 Å². The minimum absolute atomic E-state index is 0.0944. The van der Waals surface area contributed by atoms with Crippen molar-refractivity contribution in [3.63, 3.8) is 0 Å². The summed E-state index contributed by atoms with van der Waals surface area (Å²) in [7, 11) is -2.48. The molecule has 0 atom stereocenters. The zero-order valence-corrected chi connectivity index (χ0v) is 17.2. The van der Waals surface area contributed by atoms with Crippen molar-refractivity contribution in [2.75, 3.05) is 23.3 Å². The standard InChI is InChI=1S/C21H19ClN2O4S/c1-28-20-13-12-16(22)14-19(20)23-21(25)15-24(17-8-4-2-5-9-17)29(26,27)18-10-6-3-7-11-18/h2-14H,15H2,1H3,(H,23,25). The average molecular weight is 431 g/mol. The predicted octanol–water partition coefficient (Wildman–Crippen LogP) is 4.18. The highest BCUT2D eigenvalue weighted by Crippen LogP contribution is 2.28. The van der Waals surface area contributed by atoms with Crippen molar-refractivity contribution in [1.29, 1.82) is 0 Å². The summed E-state index contributed by atoms with van der Waals surface area (Å²) in [5, 5.41) is 3.09. The van der Waals surface area contributed by atoms with E-state index in [2.05, 4.69) is 5.32 Å². The second kappa shape index (κ2) is 8.98. The maximum atomic E-state index is 13.2. The molecule has 29 heavy (non-hydrogen) atoms. The molecule has 0 spiro atoms. The van der Waals surface area contributed by atoms with Gasteiger partial charge in [0.15, 0.2) is 0 Å². The molecule has 0 aliphatic heterocycles. The third-order valence-electron chi connectivity index (χ3n) is 4.10. The zero-order valence-electron chi connectivity index (χ0n) is 15.6. The van der Waals surface area contributed by atoms with E-state index in [0.29, 0.717) is 22.1 Å². The lowest BCUT2D eigenvalue weighted by atomic mass is 10.3. The highest BCUT2D eigenvalue weighted by molar-refractivity contribution is 7.92. The summed E-state index contributed by atoms with van der Waals surface area (Å²) < 4.78 is 32.7. The van der Waals surface area contributed by atoms with E-state index < -0.39 is 22.5 Å². The molecule has 1 N–H and O–H groups in total. The molecule has 3 aromatic carbocycles. The summed E-state index contributed by atoms with van der Waals surface area (Å²) in [6.45, 7) is -0.420. The first-order chi connectivity index (χ1) is 13.9. The smallest absolute Gasteiger partial charge is 0.264 e. The van der Waals surface area contributed by atoms with Crippen LogP contribution in [-0.4, -0.2) is 28.0 Å². The van der Waals surface area contributed by atoms with Crippen molar-refractivity contribution in [3.05, 3.63) is 83.9 Å². The molecule has 0 aliphatic carbocycles. The minimum atomic E-state index is -3.95. The van der Waals surface area contributed by atoms with Gasteiger partial charge in [0, 0.05) is 5.02 Å². The number of nitrogens with one attached hydrogen (secondary N) is 1. The quantitative estimate of drug-likeness (QED) is 0.610. The molecule has 0 radical (unpaired) electrons. The molecule has 0 unspecified atom stereocenters. The van der Waals surface area contributed by atoms with E-state index in [-0.39, 0.29) is 4.90 Å². The summed E-state index contributed by atoms with van der Waals surface area (Å²) in [4.78, 5) is 12.8. The van der Waals surface area contributed by atoms with E-state index in [9.17, 15) is 13.2 Å². The van der Waals surface area contributed by atoms with Gasteiger partial charge in [-0.15, -0.1) is 0 Å². The van der Waals surface area contributed by atoms with Crippen molar-refractivity contribution in [1.82, 2.24) is 0 Å². The lowest BCUT2D eigenvalue weighted by Crippen LogP contribution is -2.38. The van der Waals surface area contributed by atoms with Crippen LogP contribution in [0.1, 0.15) is 0 Å². The maximum Gasteiger partial charge on any atom is 0.264 e. The topological polar surface area (TPSA) is 75.7 Å². The molecule has 0 heterocycles. The fraction of sp³-hybridized carbons (Fsp3) is 0.0952. The largest absolute Gasteiger partial charge is 0.495 e. The summed E-state index contributed by atoms with van der Waals surface area (Å²) in [5.74, 6) is -0.117. The summed E-state index contributed by atoms with van der Waals surface area (Å²) in [6, 6.07) is 21.2. The number of benzene rings is 3. The summed E-state index contributed by atoms with van der Waals surface area (Å²) >= 11 is 6.00. The summed E-state index contributed by atoms with van der Waals surface area (Å²) in [6.07, 6.45) is 0. The van der Waals surface area contributed by atoms with Crippen LogP contribution < -0.4 is 14.4 Å². The highest BCUT2D eigenvalue weighted by Gasteiger charge is 2.27. The highest BCUT2D eigenvalue weighted by atomic mass is 35.5. The summed E-state index contributed by atoms with van der Waals surface area (Å²) in [5.41, 5.74) is 0.736. The number of rotatable bonds is 7. The molecule has 0 aromatic heterocycles. The number of ether oxygens (including phenoxy) is 1. The van der Waals surface area contributed by atoms with E-state index in [1.165, 1.54) is 25.3 Å². The zero-order chi connectivity index (χ0) is 20.9. The Morgan fingerprint density at radius 3 is 2.24 bits per heavy atom. The van der Waals surface area contributed by atoms with E-state index in [0.717, 1.165) is 4.31 Å². The molecular weight excluding hydrogens is 412 g/mol. The first-order valence-electron chi connectivity index (χ1n) is 8.68. The lowest BCUT2D eigenvalue weighted by molar-refractivity contribution is -0.114. The van der Waals surface area contributed by atoms with Gasteiger partial charge in [0.05, 0.1) is 23.4 Å². The van der Waals surface area contributed by atoms with Gasteiger partial charge in [-0.25, -0.2) is 8.42 Å². The van der Waals surface area contributed by atoms with Crippen molar-refractivity contribution in [2.24, 2.45) is 0 Å². The fourth-order valence-electron chi connectivity index (χ4n) is 2.73. The first-order valence-corrected chi connectivity index (χ1v) is 10.5. The Labute approximate surface area is 174 Å². The van der Waals surface area contributed by atoms with Crippen LogP contribution in [0.4, 0.5) is 11.4 Å². The van der Waals surface area contributed by atoms with Gasteiger partial charge in [0.2, 0.25) is 5.91 Å². The molecule has 0 bridgehead atoms. The first kappa shape index (κ1) is 20.7. The lowest BCUT2D eigenvalue weighted by Gasteiger charge is -2.24. The normalized spacial score (nSPS) is 11.0. The van der Waals surface area contributed by atoms with Crippen LogP contribution >= 0.6 is 11.6 Å². The SMILES string of the molecule is COc1ccc(Cl)cc1NC(=O)CN(c1ccccc1)S(=O)(=O)c1ccccc1. The molecule has 0 aliphatic rings. The van der Waals surface area contributed by atoms with E-state index in [1.807, 2.05) is 0 Å². The minimum Gasteiger partial charge on any atom is -0.495 e. The van der Waals surface area contributed by atoms with Gasteiger partial charge in [-0.2, -0.15) is 0 Å². The Bertz CT molecular complexity index is 1090. The molecular formula is C21H19ClN2O4S. The van der Waals surface area contributed by atoms with Gasteiger partial charge in [0.25, 0.3) is 10.0 Å². The number of carbonyl (C=O) groups excluding carboxylic acids is 1. The number of halogens is 1. The van der Waals surface area contributed by atoms with Gasteiger partial charge >= 0.3 is 0 Å². The number of nitrogens with zero attached hydrogens (tertiary/aromatic N) is 1. The van der Waals surface area contributed by atoms with Crippen LogP contribution in [0.15, 0.2) is 83.8 Å². The number of amides is 1. The Balaban J connectivity index is 1.92. The van der Waals surface area contributed by atoms with E-state index >= 15 is 0 Å². The van der Waals surface area contributed by atoms with Crippen molar-refractivity contribution in [2.45, 2.75) is 4.90 Å². The molecule has 6 nitrogen and oxygen atoms in total. The van der Waals surface area contributed by atoms with Crippen LogP contribution in [0.5, 0.6) is 5.75 Å². The van der Waals surface area contributed by atoms with Crippen LogP contribution in [-0.2, 0) is 14.8 Å². The average Bonchev–Trinajstić information content (AvgIpc) is 2.73. The monoisotopic (exact) mass is 430 g/mol. The van der Waals surface area contributed by atoms with Crippen LogP contribution in [0, 0.1) is 0 Å². The number of carbonyl (C=O) groups is 1. The van der Waals surface area contributed by atoms with Gasteiger partial charge in [0.1, 0.15) is 12.3 Å². The Kier molecular flexibility index (Phi) is 6.41. The molecule has 8 heteroatoms. The Morgan fingerprint density at radius 1 is 1.00 bits per heavy atom. The maximum absolute atomic E-state index is 13.2. The van der Waals surface area contributed by atoms with Gasteiger partial charge < -0.3 is 10.1 Å². The van der Waals surface area contributed by atoms with Gasteiger partial charge in [-0.05, 0) is 42.5 Å². The Morgan fingerprint density at radius 2 is 1.62 bits per heavy atom. The van der Waals surface area contributed by atoms with Crippen LogP contribution in [0.3, 0.4) is 0 Å². The van der Waals surface area contributed by atoms with Gasteiger partial charge in [-0.3, -0.25) is 9.10 Å². The van der Waals surface area contributed by atoms with Gasteiger partial charge in [-0.1, -0.05) is 48.0 Å². The third-order valence-corrected chi connectivity index (χ3v) is 6.12. The van der Waals surface area contributed by atoms with Crippen LogP contribution in [0.25, 0.3) is 0 Å². The molecule has 0 saturated carbocycles. The number of para-hydroxylation sites is 1. The molecule has 3 rings (SSSR count). The van der Waals surface area contributed by atoms with Crippen molar-refractivity contribution < 1.29 is 17.9 Å². The number of sulfonamides is 1. The van der Waals surface area contributed by atoms with Crippen molar-refractivity contribution in [3.8, 4) is 5.75 Å².